The van der Waals surface area contributed by atoms with Crippen LogP contribution in [0.2, 0.25) is 0 Å². The van der Waals surface area contributed by atoms with Gasteiger partial charge < -0.3 is 9.64 Å². The fraction of sp³-hybridized carbons (Fsp3) is 0.316. The van der Waals surface area contributed by atoms with Crippen LogP contribution in [0.4, 0.5) is 17.6 Å². The van der Waals surface area contributed by atoms with E-state index in [1.807, 2.05) is 0 Å². The molecule has 0 N–H and O–H groups in total. The molecule has 1 unspecified atom stereocenters. The van der Waals surface area contributed by atoms with Crippen molar-refractivity contribution in [2.45, 2.75) is 25.1 Å². The number of benzene rings is 1. The highest BCUT2D eigenvalue weighted by atomic mass is 19.4. The Kier molecular flexibility index (Phi) is 5.53. The third-order valence-corrected chi connectivity index (χ3v) is 4.71. The normalized spacial score (nSPS) is 16.9. The Morgan fingerprint density at radius 2 is 1.90 bits per heavy atom. The van der Waals surface area contributed by atoms with Crippen LogP contribution in [0.15, 0.2) is 43.0 Å². The number of carbonyl (C=O) groups is 1. The van der Waals surface area contributed by atoms with Gasteiger partial charge in [-0.2, -0.15) is 28.2 Å². The number of rotatable bonds is 4. The number of hydrogen-bond acceptors (Lipinski definition) is 6. The minimum Gasteiger partial charge on any atom is -0.471 e. The molecule has 31 heavy (non-hydrogen) atoms. The molecule has 0 bridgehead atoms. The van der Waals surface area contributed by atoms with E-state index in [1.165, 1.54) is 35.5 Å². The summed E-state index contributed by atoms with van der Waals surface area (Å²) in [5, 5.41) is 7.92. The van der Waals surface area contributed by atoms with Gasteiger partial charge in [-0.15, -0.1) is 0 Å². The van der Waals surface area contributed by atoms with Crippen molar-refractivity contribution in [1.29, 1.82) is 0 Å². The van der Waals surface area contributed by atoms with E-state index in [0.717, 1.165) is 11.0 Å². The summed E-state index contributed by atoms with van der Waals surface area (Å²) in [4.78, 5) is 22.6. The van der Waals surface area contributed by atoms with Gasteiger partial charge in [-0.05, 0) is 25.0 Å². The Hall–Kier alpha value is -3.57. The number of nitrogens with zero attached hydrogens (tertiary/aromatic N) is 6. The van der Waals surface area contributed by atoms with E-state index in [-0.39, 0.29) is 23.7 Å². The number of aromatic nitrogens is 5. The van der Waals surface area contributed by atoms with Crippen molar-refractivity contribution >= 4 is 5.91 Å². The van der Waals surface area contributed by atoms with E-state index in [9.17, 15) is 22.4 Å². The average molecular weight is 436 g/mol. The molecule has 12 heteroatoms. The van der Waals surface area contributed by atoms with Crippen LogP contribution in [0, 0.1) is 5.82 Å². The van der Waals surface area contributed by atoms with Gasteiger partial charge in [-0.1, -0.05) is 6.07 Å². The number of piperidine rings is 1. The Bertz CT molecular complexity index is 1060. The first-order chi connectivity index (χ1) is 14.8. The first kappa shape index (κ1) is 20.7. The van der Waals surface area contributed by atoms with Crippen LogP contribution >= 0.6 is 0 Å². The van der Waals surface area contributed by atoms with Gasteiger partial charge in [0, 0.05) is 6.54 Å². The zero-order valence-electron chi connectivity index (χ0n) is 16.0. The van der Waals surface area contributed by atoms with Gasteiger partial charge in [0.1, 0.15) is 23.2 Å². The van der Waals surface area contributed by atoms with E-state index in [0.29, 0.717) is 25.6 Å². The molecule has 3 aromatic rings. The molecular formula is C19H16F4N6O2. The van der Waals surface area contributed by atoms with Gasteiger partial charge in [0.25, 0.3) is 5.91 Å². The van der Waals surface area contributed by atoms with E-state index >= 15 is 0 Å². The minimum absolute atomic E-state index is 0.0837. The lowest BCUT2D eigenvalue weighted by Crippen LogP contribution is -2.45. The maximum atomic E-state index is 14.6. The maximum Gasteiger partial charge on any atom is 0.434 e. The summed E-state index contributed by atoms with van der Waals surface area (Å²) in [5.41, 5.74) is -1.10. The first-order valence-electron chi connectivity index (χ1n) is 9.33. The molecule has 0 saturated carbocycles. The minimum atomic E-state index is -4.60. The standard InChI is InChI=1S/C19H16F4N6O2/c20-13-4-1-5-14(29-26-6-7-27-29)17(13)18(30)28-8-2-3-12(11-28)31-16-10-24-15(9-25-16)19(21,22)23/h1,4-7,9-10,12H,2-3,8,11H2. The molecule has 162 valence electrons. The van der Waals surface area contributed by atoms with Crippen LogP contribution in [0.1, 0.15) is 28.9 Å². The quantitative estimate of drug-likeness (QED) is 0.585. The highest BCUT2D eigenvalue weighted by Crippen LogP contribution is 2.28. The predicted octanol–water partition coefficient (Wildman–Crippen LogP) is 2.90. The second-order valence-electron chi connectivity index (χ2n) is 6.82. The SMILES string of the molecule is O=C(c1c(F)cccc1-n1nccn1)N1CCCC(Oc2cnc(C(F)(F)F)cn2)C1. The lowest BCUT2D eigenvalue weighted by molar-refractivity contribution is -0.141. The molecule has 1 aliphatic heterocycles. The fourth-order valence-corrected chi connectivity index (χ4v) is 3.30. The van der Waals surface area contributed by atoms with Crippen molar-refractivity contribution < 1.29 is 27.1 Å². The van der Waals surface area contributed by atoms with Crippen LogP contribution < -0.4 is 4.74 Å². The zero-order valence-corrected chi connectivity index (χ0v) is 16.0. The fourth-order valence-electron chi connectivity index (χ4n) is 3.30. The van der Waals surface area contributed by atoms with E-state index in [1.54, 1.807) is 0 Å². The number of carbonyl (C=O) groups excluding carboxylic acids is 1. The van der Waals surface area contributed by atoms with Crippen molar-refractivity contribution in [2.75, 3.05) is 13.1 Å². The molecule has 8 nitrogen and oxygen atoms in total. The highest BCUT2D eigenvalue weighted by molar-refractivity contribution is 5.98. The van der Waals surface area contributed by atoms with Gasteiger partial charge in [0.05, 0.1) is 31.3 Å². The second kappa shape index (κ2) is 8.28. The topological polar surface area (TPSA) is 86.0 Å². The summed E-state index contributed by atoms with van der Waals surface area (Å²) in [6.07, 6.45) is 0.295. The summed E-state index contributed by atoms with van der Waals surface area (Å²) >= 11 is 0. The summed E-state index contributed by atoms with van der Waals surface area (Å²) in [5.74, 6) is -1.35. The summed E-state index contributed by atoms with van der Waals surface area (Å²) in [6.45, 7) is 0.486. The van der Waals surface area contributed by atoms with Crippen molar-refractivity contribution in [3.63, 3.8) is 0 Å². The van der Waals surface area contributed by atoms with Crippen LogP contribution in [-0.4, -0.2) is 55.0 Å². The molecule has 1 aromatic carbocycles. The number of halogens is 4. The zero-order chi connectivity index (χ0) is 22.0. The molecule has 1 fully saturated rings. The van der Waals surface area contributed by atoms with Crippen molar-refractivity contribution in [1.82, 2.24) is 29.9 Å². The molecule has 0 radical (unpaired) electrons. The molecule has 3 heterocycles. The summed E-state index contributed by atoms with van der Waals surface area (Å²) < 4.78 is 58.0. The number of likely N-dealkylation sites (tertiary alicyclic amines) is 1. The predicted molar refractivity (Wildman–Crippen MR) is 97.9 cm³/mol. The van der Waals surface area contributed by atoms with Gasteiger partial charge in [-0.25, -0.2) is 14.4 Å². The Balaban J connectivity index is 1.50. The lowest BCUT2D eigenvalue weighted by Gasteiger charge is -2.33. The Labute approximate surface area is 173 Å². The number of hydrogen-bond donors (Lipinski definition) is 0. The molecule has 1 amide bonds. The maximum absolute atomic E-state index is 14.6. The smallest absolute Gasteiger partial charge is 0.434 e. The van der Waals surface area contributed by atoms with E-state index < -0.39 is 29.7 Å². The molecule has 1 saturated heterocycles. The van der Waals surface area contributed by atoms with E-state index in [4.69, 9.17) is 4.74 Å². The second-order valence-corrected chi connectivity index (χ2v) is 6.82. The van der Waals surface area contributed by atoms with E-state index in [2.05, 4.69) is 20.2 Å². The van der Waals surface area contributed by atoms with Gasteiger partial charge in [-0.3, -0.25) is 4.79 Å². The van der Waals surface area contributed by atoms with Gasteiger partial charge in [0.15, 0.2) is 5.69 Å². The van der Waals surface area contributed by atoms with Crippen molar-refractivity contribution in [3.05, 3.63) is 60.1 Å². The number of amides is 1. The molecule has 2 aromatic heterocycles. The summed E-state index contributed by atoms with van der Waals surface area (Å²) in [6, 6.07) is 4.16. The lowest BCUT2D eigenvalue weighted by atomic mass is 10.1. The van der Waals surface area contributed by atoms with Crippen LogP contribution in [0.25, 0.3) is 5.69 Å². The third kappa shape index (κ3) is 4.47. The molecule has 1 atom stereocenters. The molecule has 0 spiro atoms. The average Bonchev–Trinajstić information content (AvgIpc) is 3.28. The van der Waals surface area contributed by atoms with Crippen LogP contribution in [0.3, 0.4) is 0 Å². The number of ether oxygens (including phenoxy) is 1. The van der Waals surface area contributed by atoms with Crippen LogP contribution in [0.5, 0.6) is 5.88 Å². The Morgan fingerprint density at radius 1 is 1.13 bits per heavy atom. The van der Waals surface area contributed by atoms with Crippen LogP contribution in [-0.2, 0) is 6.18 Å². The highest BCUT2D eigenvalue weighted by Gasteiger charge is 2.33. The first-order valence-corrected chi connectivity index (χ1v) is 9.33. The third-order valence-electron chi connectivity index (χ3n) is 4.71. The van der Waals surface area contributed by atoms with Crippen molar-refractivity contribution in [2.24, 2.45) is 0 Å². The molecule has 4 rings (SSSR count). The summed E-state index contributed by atoms with van der Waals surface area (Å²) in [7, 11) is 0. The van der Waals surface area contributed by atoms with Crippen molar-refractivity contribution in [3.8, 4) is 11.6 Å². The van der Waals surface area contributed by atoms with Gasteiger partial charge in [0.2, 0.25) is 5.88 Å². The molecule has 1 aliphatic rings. The van der Waals surface area contributed by atoms with Gasteiger partial charge >= 0.3 is 6.18 Å². The molecular weight excluding hydrogens is 420 g/mol. The molecule has 0 aliphatic carbocycles. The monoisotopic (exact) mass is 436 g/mol. The Morgan fingerprint density at radius 3 is 2.58 bits per heavy atom. The largest absolute Gasteiger partial charge is 0.471 e. The number of alkyl halides is 3.